The van der Waals surface area contributed by atoms with Crippen LogP contribution in [0.2, 0.25) is 0 Å². The quantitative estimate of drug-likeness (QED) is 0.600. The molecule has 0 bridgehead atoms. The number of hydrogen-bond donors (Lipinski definition) is 1. The lowest BCUT2D eigenvalue weighted by molar-refractivity contribution is 0.450. The third-order valence-corrected chi connectivity index (χ3v) is 5.24. The van der Waals surface area contributed by atoms with Gasteiger partial charge in [0.05, 0.1) is 4.88 Å². The maximum Gasteiger partial charge on any atom is 0.265 e. The molecule has 0 radical (unpaired) electrons. The van der Waals surface area contributed by atoms with Crippen molar-refractivity contribution >= 4 is 22.4 Å². The molecule has 0 atom stereocenters. The summed E-state index contributed by atoms with van der Waals surface area (Å²) in [5, 5.41) is 4.57. The Labute approximate surface area is 145 Å². The van der Waals surface area contributed by atoms with Gasteiger partial charge in [0, 0.05) is 11.3 Å². The fourth-order valence-corrected chi connectivity index (χ4v) is 3.76. The summed E-state index contributed by atoms with van der Waals surface area (Å²) in [5.74, 6) is 0.679. The molecule has 0 aliphatic carbocycles. The summed E-state index contributed by atoms with van der Waals surface area (Å²) in [6, 6.07) is 4.12. The first kappa shape index (κ1) is 16.9. The van der Waals surface area contributed by atoms with Gasteiger partial charge in [0.15, 0.2) is 0 Å². The van der Waals surface area contributed by atoms with E-state index in [0.29, 0.717) is 22.6 Å². The molecule has 0 aliphatic heterocycles. The van der Waals surface area contributed by atoms with E-state index in [4.69, 9.17) is 4.52 Å². The van der Waals surface area contributed by atoms with Crippen LogP contribution in [0.5, 0.6) is 0 Å². The molecule has 3 rings (SSSR count). The Kier molecular flexibility index (Phi) is 5.45. The molecule has 128 valence electrons. The molecule has 0 amide bonds. The lowest BCUT2D eigenvalue weighted by Crippen LogP contribution is -2.11. The van der Waals surface area contributed by atoms with E-state index in [1.807, 2.05) is 6.07 Å². The Morgan fingerprint density at radius 1 is 1.12 bits per heavy atom. The van der Waals surface area contributed by atoms with E-state index in [1.54, 1.807) is 11.3 Å². The molecule has 3 aromatic heterocycles. The van der Waals surface area contributed by atoms with Crippen molar-refractivity contribution in [3.05, 3.63) is 33.2 Å². The third-order valence-electron chi connectivity index (χ3n) is 4.08. The number of H-pyrrole nitrogens is 1. The summed E-state index contributed by atoms with van der Waals surface area (Å²) in [6.45, 7) is 4.33. The van der Waals surface area contributed by atoms with Crippen molar-refractivity contribution < 1.29 is 4.52 Å². The highest BCUT2D eigenvalue weighted by molar-refractivity contribution is 7.15. The molecule has 0 fully saturated rings. The number of aromatic amines is 1. The molecule has 1 N–H and O–H groups in total. The van der Waals surface area contributed by atoms with Gasteiger partial charge in [-0.1, -0.05) is 38.3 Å². The highest BCUT2D eigenvalue weighted by Crippen LogP contribution is 2.31. The monoisotopic (exact) mass is 345 g/mol. The van der Waals surface area contributed by atoms with Crippen molar-refractivity contribution in [2.24, 2.45) is 0 Å². The average molecular weight is 345 g/mol. The van der Waals surface area contributed by atoms with Crippen molar-refractivity contribution in [1.82, 2.24) is 15.1 Å². The van der Waals surface area contributed by atoms with Crippen LogP contribution in [0.3, 0.4) is 0 Å². The molecule has 0 saturated heterocycles. The largest absolute Gasteiger partial charge is 0.335 e. The number of hydrogen-bond acceptors (Lipinski definition) is 5. The molecular formula is C18H23N3O2S. The summed E-state index contributed by atoms with van der Waals surface area (Å²) in [6.07, 6.45) is 7.43. The molecule has 3 aromatic rings. The first-order chi connectivity index (χ1) is 11.7. The topological polar surface area (TPSA) is 71.8 Å². The van der Waals surface area contributed by atoms with Gasteiger partial charge in [-0.2, -0.15) is 4.98 Å². The zero-order valence-corrected chi connectivity index (χ0v) is 15.0. The Balaban J connectivity index is 1.90. The van der Waals surface area contributed by atoms with Gasteiger partial charge in [-0.05, 0) is 31.4 Å². The maximum absolute atomic E-state index is 12.5. The van der Waals surface area contributed by atoms with Gasteiger partial charge in [0.1, 0.15) is 16.9 Å². The highest BCUT2D eigenvalue weighted by atomic mass is 32.1. The van der Waals surface area contributed by atoms with Gasteiger partial charge in [-0.15, -0.1) is 11.3 Å². The smallest absolute Gasteiger partial charge is 0.265 e. The molecule has 0 saturated carbocycles. The summed E-state index contributed by atoms with van der Waals surface area (Å²) in [5.41, 5.74) is 0.779. The molecule has 5 nitrogen and oxygen atoms in total. The SMILES string of the molecule is CCCCCc1nc2onc(-c3ccc(CCCC)s3)c2c(=O)[nH]1. The van der Waals surface area contributed by atoms with Crippen molar-refractivity contribution in [2.45, 2.75) is 58.8 Å². The van der Waals surface area contributed by atoms with Crippen LogP contribution < -0.4 is 5.56 Å². The fraction of sp³-hybridized carbons (Fsp3) is 0.500. The van der Waals surface area contributed by atoms with Gasteiger partial charge in [0.2, 0.25) is 0 Å². The zero-order chi connectivity index (χ0) is 16.9. The lowest BCUT2D eigenvalue weighted by Gasteiger charge is -1.99. The van der Waals surface area contributed by atoms with Crippen LogP contribution in [0, 0.1) is 0 Å². The zero-order valence-electron chi connectivity index (χ0n) is 14.2. The first-order valence-electron chi connectivity index (χ1n) is 8.70. The summed E-state index contributed by atoms with van der Waals surface area (Å²) >= 11 is 1.67. The molecule has 0 spiro atoms. The van der Waals surface area contributed by atoms with Crippen LogP contribution in [-0.4, -0.2) is 15.1 Å². The second-order valence-electron chi connectivity index (χ2n) is 6.05. The van der Waals surface area contributed by atoms with Crippen LogP contribution in [-0.2, 0) is 12.8 Å². The second kappa shape index (κ2) is 7.75. The Morgan fingerprint density at radius 2 is 1.96 bits per heavy atom. The van der Waals surface area contributed by atoms with Gasteiger partial charge in [-0.25, -0.2) is 0 Å². The van der Waals surface area contributed by atoms with E-state index in [-0.39, 0.29) is 5.56 Å². The van der Waals surface area contributed by atoms with E-state index < -0.39 is 0 Å². The number of aryl methyl sites for hydroxylation is 2. The van der Waals surface area contributed by atoms with Crippen LogP contribution >= 0.6 is 11.3 Å². The Morgan fingerprint density at radius 3 is 2.75 bits per heavy atom. The van der Waals surface area contributed by atoms with Crippen molar-refractivity contribution in [2.75, 3.05) is 0 Å². The number of nitrogens with one attached hydrogen (secondary N) is 1. The summed E-state index contributed by atoms with van der Waals surface area (Å²) in [7, 11) is 0. The standard InChI is InChI=1S/C18H23N3O2S/c1-3-5-7-9-14-19-17(22)15-16(21-23-18(15)20-14)13-11-10-12(24-13)8-6-4-2/h10-11H,3-9H2,1-2H3,(H,19,20,22). The number of unbranched alkanes of at least 4 members (excludes halogenated alkanes) is 3. The molecular weight excluding hydrogens is 322 g/mol. The number of aromatic nitrogens is 3. The predicted molar refractivity (Wildman–Crippen MR) is 97.6 cm³/mol. The maximum atomic E-state index is 12.5. The van der Waals surface area contributed by atoms with Gasteiger partial charge in [0.25, 0.3) is 11.3 Å². The van der Waals surface area contributed by atoms with Crippen molar-refractivity contribution in [3.8, 4) is 10.6 Å². The van der Waals surface area contributed by atoms with Gasteiger partial charge < -0.3 is 9.51 Å². The summed E-state index contributed by atoms with van der Waals surface area (Å²) in [4.78, 5) is 22.1. The molecule has 3 heterocycles. The number of thiophene rings is 1. The lowest BCUT2D eigenvalue weighted by atomic mass is 10.2. The average Bonchev–Trinajstić information content (AvgIpc) is 3.19. The van der Waals surface area contributed by atoms with Gasteiger partial charge >= 0.3 is 0 Å². The van der Waals surface area contributed by atoms with E-state index in [1.165, 1.54) is 17.7 Å². The number of rotatable bonds is 8. The number of fused-ring (bicyclic) bond motifs is 1. The fourth-order valence-electron chi connectivity index (χ4n) is 2.73. The van der Waals surface area contributed by atoms with E-state index >= 15 is 0 Å². The van der Waals surface area contributed by atoms with E-state index in [2.05, 4.69) is 35.0 Å². The van der Waals surface area contributed by atoms with Crippen LogP contribution in [0.4, 0.5) is 0 Å². The predicted octanol–water partition coefficient (Wildman–Crippen LogP) is 4.71. The minimum absolute atomic E-state index is 0.161. The minimum atomic E-state index is -0.161. The molecule has 0 aliphatic rings. The molecule has 0 unspecified atom stereocenters. The van der Waals surface area contributed by atoms with Crippen molar-refractivity contribution in [3.63, 3.8) is 0 Å². The molecule has 24 heavy (non-hydrogen) atoms. The third kappa shape index (κ3) is 3.59. The summed E-state index contributed by atoms with van der Waals surface area (Å²) < 4.78 is 5.35. The second-order valence-corrected chi connectivity index (χ2v) is 7.22. The van der Waals surface area contributed by atoms with Crippen LogP contribution in [0.15, 0.2) is 21.5 Å². The normalized spacial score (nSPS) is 11.4. The van der Waals surface area contributed by atoms with E-state index in [9.17, 15) is 4.79 Å². The van der Waals surface area contributed by atoms with E-state index in [0.717, 1.165) is 37.0 Å². The Bertz CT molecular complexity index is 863. The van der Waals surface area contributed by atoms with Crippen LogP contribution in [0.25, 0.3) is 21.7 Å². The first-order valence-corrected chi connectivity index (χ1v) is 9.52. The Hall–Kier alpha value is -1.95. The minimum Gasteiger partial charge on any atom is -0.335 e. The highest BCUT2D eigenvalue weighted by Gasteiger charge is 2.18. The van der Waals surface area contributed by atoms with Crippen molar-refractivity contribution in [1.29, 1.82) is 0 Å². The van der Waals surface area contributed by atoms with Gasteiger partial charge in [-0.3, -0.25) is 4.79 Å². The molecule has 0 aromatic carbocycles. The number of nitrogens with zero attached hydrogens (tertiary/aromatic N) is 2. The van der Waals surface area contributed by atoms with Crippen LogP contribution in [0.1, 0.15) is 56.7 Å². The molecule has 6 heteroatoms.